The molecule has 4 aromatic carbocycles. The maximum absolute atomic E-state index is 14.5. The summed E-state index contributed by atoms with van der Waals surface area (Å²) in [5.41, 5.74) is 1.75. The van der Waals surface area contributed by atoms with Crippen molar-refractivity contribution in [1.29, 1.82) is 0 Å². The Morgan fingerprint density at radius 3 is 1.26 bits per heavy atom. The molecule has 0 aromatic heterocycles. The molecule has 0 spiro atoms. The number of amides is 4. The van der Waals surface area contributed by atoms with Crippen LogP contribution in [0.5, 0.6) is 11.5 Å². The van der Waals surface area contributed by atoms with Gasteiger partial charge < -0.3 is 9.47 Å². The van der Waals surface area contributed by atoms with Gasteiger partial charge in [-0.05, 0) is 58.7 Å². The molecule has 0 saturated carbocycles. The number of carbonyl (C=O) groups excluding carboxylic acids is 5. The fraction of sp³-hybridized carbons (Fsp3) is 0.0889. The first-order valence-electron chi connectivity index (χ1n) is 17.4. The summed E-state index contributed by atoms with van der Waals surface area (Å²) in [4.78, 5) is 64.7. The van der Waals surface area contributed by atoms with Gasteiger partial charge in [-0.1, -0.05) is 109 Å². The Labute approximate surface area is 310 Å². The highest BCUT2D eigenvalue weighted by Crippen LogP contribution is 2.40. The number of ether oxygens (including phenoxy) is 2. The molecule has 0 bridgehead atoms. The number of hydrogen-bond acceptors (Lipinski definition) is 7. The molecular formula is C45H32N2O7. The number of benzene rings is 4. The quantitative estimate of drug-likeness (QED) is 0.144. The second-order valence-electron chi connectivity index (χ2n) is 13.2. The molecule has 4 aromatic rings. The molecule has 4 aliphatic rings. The van der Waals surface area contributed by atoms with Crippen molar-refractivity contribution in [2.24, 2.45) is 0 Å². The Bertz CT molecular complexity index is 2270. The summed E-state index contributed by atoms with van der Waals surface area (Å²) in [5, 5.41) is 4.65. The predicted molar refractivity (Wildman–Crippen MR) is 202 cm³/mol. The van der Waals surface area contributed by atoms with Crippen molar-refractivity contribution in [3.05, 3.63) is 191 Å². The lowest BCUT2D eigenvalue weighted by Crippen LogP contribution is -2.41. The normalized spacial score (nSPS) is 21.8. The highest BCUT2D eigenvalue weighted by atomic mass is 16.5. The molecule has 54 heavy (non-hydrogen) atoms. The zero-order valence-corrected chi connectivity index (χ0v) is 28.8. The van der Waals surface area contributed by atoms with Gasteiger partial charge in [0.25, 0.3) is 23.6 Å². The average Bonchev–Trinajstić information content (AvgIpc) is 3.74. The molecule has 9 heteroatoms. The monoisotopic (exact) mass is 712 g/mol. The molecular weight excluding hydrogens is 681 g/mol. The van der Waals surface area contributed by atoms with Crippen LogP contribution in [-0.4, -0.2) is 40.6 Å². The van der Waals surface area contributed by atoms with Crippen LogP contribution in [-0.2, 0) is 19.2 Å². The van der Waals surface area contributed by atoms with Crippen LogP contribution in [0, 0.1) is 0 Å². The van der Waals surface area contributed by atoms with Gasteiger partial charge in [0, 0.05) is 36.1 Å². The van der Waals surface area contributed by atoms with Gasteiger partial charge in [-0.3, -0.25) is 34.6 Å². The van der Waals surface area contributed by atoms with E-state index >= 15 is 0 Å². The molecule has 8 rings (SSSR count). The summed E-state index contributed by atoms with van der Waals surface area (Å²) in [6, 6.07) is 32.8. The fourth-order valence-electron chi connectivity index (χ4n) is 7.17. The second-order valence-corrected chi connectivity index (χ2v) is 13.2. The van der Waals surface area contributed by atoms with E-state index in [2.05, 4.69) is 10.6 Å². The summed E-state index contributed by atoms with van der Waals surface area (Å²) < 4.78 is 12.8. The number of rotatable bonds is 10. The third-order valence-corrected chi connectivity index (χ3v) is 9.79. The molecule has 0 radical (unpaired) electrons. The lowest BCUT2D eigenvalue weighted by atomic mass is 9.81. The van der Waals surface area contributed by atoms with Crippen molar-refractivity contribution in [2.75, 3.05) is 0 Å². The van der Waals surface area contributed by atoms with Gasteiger partial charge in [0.15, 0.2) is 17.0 Å². The first-order valence-corrected chi connectivity index (χ1v) is 17.4. The molecule has 4 amide bonds. The Kier molecular flexibility index (Phi) is 8.67. The third-order valence-electron chi connectivity index (χ3n) is 9.79. The molecule has 2 atom stereocenters. The van der Waals surface area contributed by atoms with Crippen molar-refractivity contribution in [3.8, 4) is 11.5 Å². The van der Waals surface area contributed by atoms with E-state index in [9.17, 15) is 24.0 Å². The van der Waals surface area contributed by atoms with Crippen molar-refractivity contribution >= 4 is 40.6 Å². The summed E-state index contributed by atoms with van der Waals surface area (Å²) >= 11 is 0. The van der Waals surface area contributed by atoms with E-state index in [-0.39, 0.29) is 29.8 Å². The highest BCUT2D eigenvalue weighted by Gasteiger charge is 2.44. The van der Waals surface area contributed by atoms with Gasteiger partial charge in [0.05, 0.1) is 11.1 Å². The van der Waals surface area contributed by atoms with Gasteiger partial charge in [-0.15, -0.1) is 0 Å². The van der Waals surface area contributed by atoms with E-state index in [1.54, 1.807) is 48.6 Å². The molecule has 2 N–H and O–H groups in total. The van der Waals surface area contributed by atoms with E-state index in [1.165, 1.54) is 12.2 Å². The summed E-state index contributed by atoms with van der Waals surface area (Å²) in [5.74, 6) is -1.18. The summed E-state index contributed by atoms with van der Waals surface area (Å²) in [6.07, 6.45) is 14.0. The Morgan fingerprint density at radius 1 is 0.519 bits per heavy atom. The zero-order valence-electron chi connectivity index (χ0n) is 28.8. The lowest BCUT2D eigenvalue weighted by molar-refractivity contribution is -0.126. The maximum atomic E-state index is 14.5. The fourth-order valence-corrected chi connectivity index (χ4v) is 7.17. The lowest BCUT2D eigenvalue weighted by Gasteiger charge is -2.34. The van der Waals surface area contributed by atoms with E-state index in [0.717, 1.165) is 11.1 Å². The Hall–Kier alpha value is -7.13. The largest absolute Gasteiger partial charge is 0.478 e. The van der Waals surface area contributed by atoms with Gasteiger partial charge in [0.1, 0.15) is 11.5 Å². The minimum atomic E-state index is -1.24. The van der Waals surface area contributed by atoms with Crippen LogP contribution in [0.3, 0.4) is 0 Å². The van der Waals surface area contributed by atoms with Crippen LogP contribution in [0.2, 0.25) is 0 Å². The van der Waals surface area contributed by atoms with Crippen LogP contribution in [0.25, 0.3) is 11.1 Å². The number of imide groups is 2. The SMILES string of the molecule is O=C1C=C(C2(Oc3ccccc3)C=CC(c3ccccc3C(=O)c3ccccc3C3=CCC(Oc4ccccc4)(C4=CC(=O)NC4=O)C=C3)=CC2)C(=O)N1. The van der Waals surface area contributed by atoms with Crippen LogP contribution < -0.4 is 20.1 Å². The number of para-hydroxylation sites is 2. The van der Waals surface area contributed by atoms with Gasteiger partial charge in [0.2, 0.25) is 0 Å². The average molecular weight is 713 g/mol. The van der Waals surface area contributed by atoms with E-state index in [0.29, 0.717) is 33.8 Å². The molecule has 0 fully saturated rings. The molecule has 0 saturated heterocycles. The standard InChI is InChI=1S/C45H32N2O7/c48-39-27-37(42(51)46-39)44(53-31-11-3-1-4-12-31)23-19-29(20-24-44)33-15-7-9-17-35(33)41(50)36-18-10-8-16-34(36)30-21-25-45(26-22-30,38-28-40(49)47-43(38)52)54-32-13-5-2-6-14-32/h1-23,25,27-28H,24,26H2,(H,46,48,51)(H,47,49,52). The number of ketones is 1. The molecule has 2 aliphatic carbocycles. The Morgan fingerprint density at radius 2 is 0.907 bits per heavy atom. The number of carbonyl (C=O) groups is 5. The Balaban J connectivity index is 1.10. The van der Waals surface area contributed by atoms with Crippen molar-refractivity contribution < 1.29 is 33.4 Å². The van der Waals surface area contributed by atoms with E-state index in [4.69, 9.17) is 9.47 Å². The molecule has 2 aliphatic heterocycles. The van der Waals surface area contributed by atoms with Crippen LogP contribution in [0.15, 0.2) is 169 Å². The van der Waals surface area contributed by atoms with E-state index < -0.39 is 34.8 Å². The van der Waals surface area contributed by atoms with Crippen LogP contribution in [0.4, 0.5) is 0 Å². The van der Waals surface area contributed by atoms with Crippen molar-refractivity contribution in [1.82, 2.24) is 10.6 Å². The summed E-state index contributed by atoms with van der Waals surface area (Å²) in [7, 11) is 0. The first kappa shape index (κ1) is 34.0. The molecule has 9 nitrogen and oxygen atoms in total. The maximum Gasteiger partial charge on any atom is 0.258 e. The smallest absolute Gasteiger partial charge is 0.258 e. The van der Waals surface area contributed by atoms with Gasteiger partial charge in [-0.25, -0.2) is 0 Å². The molecule has 2 heterocycles. The van der Waals surface area contributed by atoms with Gasteiger partial charge >= 0.3 is 0 Å². The summed E-state index contributed by atoms with van der Waals surface area (Å²) in [6.45, 7) is 0. The highest BCUT2D eigenvalue weighted by molar-refractivity contribution is 6.19. The molecule has 264 valence electrons. The number of hydrogen-bond donors (Lipinski definition) is 2. The van der Waals surface area contributed by atoms with Gasteiger partial charge in [-0.2, -0.15) is 0 Å². The van der Waals surface area contributed by atoms with Crippen LogP contribution in [0.1, 0.15) is 39.9 Å². The zero-order chi connectivity index (χ0) is 37.3. The number of nitrogens with one attached hydrogen (secondary N) is 2. The molecule has 2 unspecified atom stereocenters. The van der Waals surface area contributed by atoms with E-state index in [1.807, 2.05) is 97.1 Å². The second kappa shape index (κ2) is 13.8. The van der Waals surface area contributed by atoms with Crippen LogP contribution >= 0.6 is 0 Å². The van der Waals surface area contributed by atoms with Crippen molar-refractivity contribution in [3.63, 3.8) is 0 Å². The van der Waals surface area contributed by atoms with Crippen molar-refractivity contribution in [2.45, 2.75) is 24.0 Å². The first-order chi connectivity index (χ1) is 26.2. The third kappa shape index (κ3) is 6.32. The number of allylic oxidation sites excluding steroid dienone is 4. The topological polar surface area (TPSA) is 128 Å². The minimum absolute atomic E-state index is 0.199. The minimum Gasteiger partial charge on any atom is -0.478 e. The predicted octanol–water partition coefficient (Wildman–Crippen LogP) is 6.41.